The first-order valence-corrected chi connectivity index (χ1v) is 4.88. The number of fused-ring (bicyclic) bond motifs is 1. The fraction of sp³-hybridized carbons (Fsp3) is 0.545. The third-order valence-electron chi connectivity index (χ3n) is 2.55. The molecular weight excluding hydrogens is 162 g/mol. The minimum atomic E-state index is 0.349. The number of hydrogen-bond acceptors (Lipinski definition) is 2. The smallest absolute Gasteiger partial charge is 0.216 e. The summed E-state index contributed by atoms with van der Waals surface area (Å²) in [4.78, 5) is 4.23. The highest BCUT2D eigenvalue weighted by Crippen LogP contribution is 2.27. The molecule has 1 aliphatic heterocycles. The van der Waals surface area contributed by atoms with Crippen molar-refractivity contribution in [3.05, 3.63) is 23.9 Å². The molecule has 0 bridgehead atoms. The second kappa shape index (κ2) is 3.36. The zero-order valence-corrected chi connectivity index (χ0v) is 8.16. The fourth-order valence-electron chi connectivity index (χ4n) is 1.69. The molecule has 2 heteroatoms. The Morgan fingerprint density at radius 1 is 1.54 bits per heavy atom. The summed E-state index contributed by atoms with van der Waals surface area (Å²) in [5.74, 6) is 1.42. The van der Waals surface area contributed by atoms with Gasteiger partial charge in [-0.3, -0.25) is 0 Å². The van der Waals surface area contributed by atoms with Crippen LogP contribution in [-0.2, 0) is 6.42 Å². The Hall–Kier alpha value is -1.05. The van der Waals surface area contributed by atoms with Crippen molar-refractivity contribution in [3.63, 3.8) is 0 Å². The van der Waals surface area contributed by atoms with Crippen LogP contribution < -0.4 is 4.74 Å². The number of nitrogens with zero attached hydrogens (tertiary/aromatic N) is 1. The number of pyridine rings is 1. The molecule has 1 aromatic rings. The van der Waals surface area contributed by atoms with Crippen molar-refractivity contribution < 1.29 is 4.74 Å². The van der Waals surface area contributed by atoms with Crippen LogP contribution in [-0.4, -0.2) is 11.1 Å². The van der Waals surface area contributed by atoms with Gasteiger partial charge < -0.3 is 4.74 Å². The SMILES string of the molecule is CC(C)C1CCc2cccnc2O1. The van der Waals surface area contributed by atoms with Gasteiger partial charge in [0.05, 0.1) is 0 Å². The van der Waals surface area contributed by atoms with Gasteiger partial charge in [-0.1, -0.05) is 19.9 Å². The molecule has 13 heavy (non-hydrogen) atoms. The highest BCUT2D eigenvalue weighted by atomic mass is 16.5. The quantitative estimate of drug-likeness (QED) is 0.657. The van der Waals surface area contributed by atoms with Gasteiger partial charge in [0.2, 0.25) is 5.88 Å². The molecule has 2 rings (SSSR count). The summed E-state index contributed by atoms with van der Waals surface area (Å²) in [7, 11) is 0. The normalized spacial score (nSPS) is 21.0. The summed E-state index contributed by atoms with van der Waals surface area (Å²) >= 11 is 0. The molecule has 0 aromatic carbocycles. The van der Waals surface area contributed by atoms with Crippen molar-refractivity contribution in [2.45, 2.75) is 32.8 Å². The van der Waals surface area contributed by atoms with Crippen LogP contribution >= 0.6 is 0 Å². The molecule has 1 atom stereocenters. The summed E-state index contributed by atoms with van der Waals surface area (Å²) < 4.78 is 5.78. The lowest BCUT2D eigenvalue weighted by molar-refractivity contribution is 0.120. The summed E-state index contributed by atoms with van der Waals surface area (Å²) in [6.45, 7) is 4.39. The zero-order chi connectivity index (χ0) is 9.26. The summed E-state index contributed by atoms with van der Waals surface area (Å²) in [5.41, 5.74) is 1.25. The molecule has 1 aliphatic rings. The molecule has 0 amide bonds. The van der Waals surface area contributed by atoms with E-state index >= 15 is 0 Å². The molecule has 0 aliphatic carbocycles. The third-order valence-corrected chi connectivity index (χ3v) is 2.55. The van der Waals surface area contributed by atoms with Crippen molar-refractivity contribution >= 4 is 0 Å². The van der Waals surface area contributed by atoms with Gasteiger partial charge in [0.25, 0.3) is 0 Å². The first kappa shape index (κ1) is 8.54. The maximum atomic E-state index is 5.78. The van der Waals surface area contributed by atoms with Crippen LogP contribution in [0.1, 0.15) is 25.8 Å². The van der Waals surface area contributed by atoms with Gasteiger partial charge in [0.15, 0.2) is 0 Å². The van der Waals surface area contributed by atoms with Crippen LogP contribution in [0.4, 0.5) is 0 Å². The van der Waals surface area contributed by atoms with Gasteiger partial charge in [-0.05, 0) is 24.8 Å². The summed E-state index contributed by atoms with van der Waals surface area (Å²) in [5, 5.41) is 0. The minimum absolute atomic E-state index is 0.349. The number of rotatable bonds is 1. The molecule has 0 radical (unpaired) electrons. The molecule has 0 saturated heterocycles. The molecule has 70 valence electrons. The second-order valence-corrected chi connectivity index (χ2v) is 3.91. The van der Waals surface area contributed by atoms with Gasteiger partial charge in [-0.15, -0.1) is 0 Å². The summed E-state index contributed by atoms with van der Waals surface area (Å²) in [6, 6.07) is 4.07. The van der Waals surface area contributed by atoms with Gasteiger partial charge in [-0.2, -0.15) is 0 Å². The van der Waals surface area contributed by atoms with E-state index in [9.17, 15) is 0 Å². The third kappa shape index (κ3) is 1.67. The summed E-state index contributed by atoms with van der Waals surface area (Å²) in [6.07, 6.45) is 4.37. The molecule has 0 fully saturated rings. The number of ether oxygens (including phenoxy) is 1. The Morgan fingerprint density at radius 3 is 3.15 bits per heavy atom. The second-order valence-electron chi connectivity index (χ2n) is 3.91. The predicted molar refractivity (Wildman–Crippen MR) is 51.8 cm³/mol. The lowest BCUT2D eigenvalue weighted by Crippen LogP contribution is -2.28. The Bertz CT molecular complexity index is 296. The number of hydrogen-bond donors (Lipinski definition) is 0. The van der Waals surface area contributed by atoms with E-state index in [1.54, 1.807) is 6.20 Å². The highest BCUT2D eigenvalue weighted by molar-refractivity contribution is 5.27. The molecule has 2 heterocycles. The maximum Gasteiger partial charge on any atom is 0.216 e. The Balaban J connectivity index is 2.20. The number of aromatic nitrogens is 1. The van der Waals surface area contributed by atoms with Gasteiger partial charge >= 0.3 is 0 Å². The monoisotopic (exact) mass is 177 g/mol. The van der Waals surface area contributed by atoms with Crippen LogP contribution in [0.5, 0.6) is 5.88 Å². The Labute approximate surface area is 78.9 Å². The van der Waals surface area contributed by atoms with E-state index in [4.69, 9.17) is 4.74 Å². The molecule has 0 saturated carbocycles. The molecule has 0 spiro atoms. The number of aryl methyl sites for hydroxylation is 1. The minimum Gasteiger partial charge on any atom is -0.474 e. The lowest BCUT2D eigenvalue weighted by Gasteiger charge is -2.27. The highest BCUT2D eigenvalue weighted by Gasteiger charge is 2.22. The van der Waals surface area contributed by atoms with Crippen molar-refractivity contribution in [2.75, 3.05) is 0 Å². The average Bonchev–Trinajstić information content (AvgIpc) is 2.17. The van der Waals surface area contributed by atoms with Crippen molar-refractivity contribution in [1.82, 2.24) is 4.98 Å². The molecule has 1 aromatic heterocycles. The van der Waals surface area contributed by atoms with Gasteiger partial charge in [0.1, 0.15) is 6.10 Å². The predicted octanol–water partition coefficient (Wildman–Crippen LogP) is 2.43. The lowest BCUT2D eigenvalue weighted by atomic mass is 9.97. The van der Waals surface area contributed by atoms with E-state index in [0.29, 0.717) is 12.0 Å². The maximum absolute atomic E-state index is 5.78. The largest absolute Gasteiger partial charge is 0.474 e. The van der Waals surface area contributed by atoms with E-state index in [2.05, 4.69) is 24.9 Å². The Morgan fingerprint density at radius 2 is 2.38 bits per heavy atom. The van der Waals surface area contributed by atoms with Crippen LogP contribution in [0.25, 0.3) is 0 Å². The van der Waals surface area contributed by atoms with E-state index in [1.807, 2.05) is 6.07 Å². The van der Waals surface area contributed by atoms with Crippen molar-refractivity contribution in [1.29, 1.82) is 0 Å². The topological polar surface area (TPSA) is 22.1 Å². The van der Waals surface area contributed by atoms with Crippen molar-refractivity contribution in [3.8, 4) is 5.88 Å². The Kier molecular flexibility index (Phi) is 2.21. The van der Waals surface area contributed by atoms with E-state index in [0.717, 1.165) is 18.7 Å². The molecular formula is C11H15NO. The van der Waals surface area contributed by atoms with Crippen LogP contribution in [0.2, 0.25) is 0 Å². The molecule has 1 unspecified atom stereocenters. The van der Waals surface area contributed by atoms with Crippen LogP contribution in [0.15, 0.2) is 18.3 Å². The van der Waals surface area contributed by atoms with E-state index < -0.39 is 0 Å². The van der Waals surface area contributed by atoms with Crippen molar-refractivity contribution in [2.24, 2.45) is 5.92 Å². The standard InChI is InChI=1S/C11H15NO/c1-8(2)10-6-5-9-4-3-7-12-11(9)13-10/h3-4,7-8,10H,5-6H2,1-2H3. The van der Waals surface area contributed by atoms with E-state index in [-0.39, 0.29) is 0 Å². The first-order valence-electron chi connectivity index (χ1n) is 4.88. The fourth-order valence-corrected chi connectivity index (χ4v) is 1.69. The molecule has 2 nitrogen and oxygen atoms in total. The zero-order valence-electron chi connectivity index (χ0n) is 8.16. The van der Waals surface area contributed by atoms with Gasteiger partial charge in [0, 0.05) is 11.8 Å². The van der Waals surface area contributed by atoms with Crippen LogP contribution in [0, 0.1) is 5.92 Å². The van der Waals surface area contributed by atoms with E-state index in [1.165, 1.54) is 5.56 Å². The first-order chi connectivity index (χ1) is 6.27. The molecule has 0 N–H and O–H groups in total. The average molecular weight is 177 g/mol. The van der Waals surface area contributed by atoms with Gasteiger partial charge in [-0.25, -0.2) is 4.98 Å². The van der Waals surface area contributed by atoms with Crippen LogP contribution in [0.3, 0.4) is 0 Å².